The number of hydrogen-bond acceptors (Lipinski definition) is 7. The minimum absolute atomic E-state index is 0.326. The van der Waals surface area contributed by atoms with Gasteiger partial charge in [-0.05, 0) is 13.0 Å². The maximum Gasteiger partial charge on any atom is 0.164 e. The molecule has 1 fully saturated rings. The maximum atomic E-state index is 10.2. The summed E-state index contributed by atoms with van der Waals surface area (Å²) in [6.45, 7) is 1.03. The first kappa shape index (κ1) is 13.3. The fourth-order valence-corrected chi connectivity index (χ4v) is 2.50. The molecular formula is C12H16N4O4. The lowest BCUT2D eigenvalue weighted by Gasteiger charge is -2.25. The average Bonchev–Trinajstić information content (AvgIpc) is 2.92. The molecule has 3 heterocycles. The fourth-order valence-electron chi connectivity index (χ4n) is 2.50. The van der Waals surface area contributed by atoms with Crippen molar-refractivity contribution in [2.24, 2.45) is 0 Å². The van der Waals surface area contributed by atoms with Crippen molar-refractivity contribution >= 4 is 16.9 Å². The largest absolute Gasteiger partial charge is 0.394 e. The molecule has 0 saturated carbocycles. The van der Waals surface area contributed by atoms with Crippen LogP contribution in [0.25, 0.3) is 11.0 Å². The molecule has 0 unspecified atom stereocenters. The van der Waals surface area contributed by atoms with Crippen molar-refractivity contribution in [3.8, 4) is 0 Å². The van der Waals surface area contributed by atoms with Gasteiger partial charge in [0.2, 0.25) is 0 Å². The van der Waals surface area contributed by atoms with E-state index >= 15 is 0 Å². The minimum atomic E-state index is -1.55. The highest BCUT2D eigenvalue weighted by molar-refractivity contribution is 5.86. The topological polar surface area (TPSA) is 127 Å². The third-order valence-corrected chi connectivity index (χ3v) is 3.80. The van der Waals surface area contributed by atoms with E-state index in [4.69, 9.17) is 10.5 Å². The van der Waals surface area contributed by atoms with Crippen LogP contribution in [0.2, 0.25) is 0 Å². The smallest absolute Gasteiger partial charge is 0.164 e. The van der Waals surface area contributed by atoms with Crippen molar-refractivity contribution in [1.82, 2.24) is 14.5 Å². The second-order valence-electron chi connectivity index (χ2n) is 5.09. The molecule has 4 atom stereocenters. The number of nitrogen functional groups attached to an aromatic ring is 1. The summed E-state index contributed by atoms with van der Waals surface area (Å²) < 4.78 is 7.11. The van der Waals surface area contributed by atoms with E-state index in [9.17, 15) is 15.3 Å². The van der Waals surface area contributed by atoms with Gasteiger partial charge in [-0.25, -0.2) is 9.97 Å². The molecule has 0 aromatic carbocycles. The lowest BCUT2D eigenvalue weighted by Crippen LogP contribution is -2.46. The van der Waals surface area contributed by atoms with E-state index in [1.165, 1.54) is 13.3 Å². The average molecular weight is 280 g/mol. The van der Waals surface area contributed by atoms with Crippen LogP contribution in [0.15, 0.2) is 18.6 Å². The summed E-state index contributed by atoms with van der Waals surface area (Å²) in [6, 6.07) is 1.71. The molecule has 1 saturated heterocycles. The molecule has 20 heavy (non-hydrogen) atoms. The molecule has 1 aliphatic heterocycles. The molecule has 2 aromatic heterocycles. The Morgan fingerprint density at radius 2 is 2.25 bits per heavy atom. The molecule has 8 nitrogen and oxygen atoms in total. The van der Waals surface area contributed by atoms with Gasteiger partial charge in [-0.3, -0.25) is 0 Å². The van der Waals surface area contributed by atoms with E-state index in [1.807, 2.05) is 0 Å². The van der Waals surface area contributed by atoms with E-state index in [1.54, 1.807) is 16.8 Å². The van der Waals surface area contributed by atoms with Gasteiger partial charge in [-0.15, -0.1) is 0 Å². The number of hydrogen-bond donors (Lipinski definition) is 4. The molecule has 0 radical (unpaired) electrons. The number of nitrogens with two attached hydrogens (primary N) is 1. The predicted molar refractivity (Wildman–Crippen MR) is 69.6 cm³/mol. The van der Waals surface area contributed by atoms with Crippen LogP contribution in [0.1, 0.15) is 13.2 Å². The van der Waals surface area contributed by atoms with Crippen molar-refractivity contribution in [1.29, 1.82) is 0 Å². The number of aliphatic hydroxyl groups is 3. The van der Waals surface area contributed by atoms with E-state index in [-0.39, 0.29) is 0 Å². The fraction of sp³-hybridized carbons (Fsp3) is 0.500. The van der Waals surface area contributed by atoms with Crippen LogP contribution in [0.3, 0.4) is 0 Å². The minimum Gasteiger partial charge on any atom is -0.394 e. The van der Waals surface area contributed by atoms with Gasteiger partial charge in [0.05, 0.1) is 12.0 Å². The normalized spacial score (nSPS) is 33.9. The Kier molecular flexibility index (Phi) is 2.91. The molecule has 0 amide bonds. The Morgan fingerprint density at radius 3 is 2.90 bits per heavy atom. The molecule has 0 aliphatic carbocycles. The van der Waals surface area contributed by atoms with E-state index in [0.29, 0.717) is 16.9 Å². The Bertz CT molecular complexity index is 641. The van der Waals surface area contributed by atoms with E-state index in [0.717, 1.165) is 0 Å². The summed E-state index contributed by atoms with van der Waals surface area (Å²) in [5.41, 5.74) is 4.70. The van der Waals surface area contributed by atoms with Crippen LogP contribution in [0.4, 0.5) is 5.82 Å². The highest BCUT2D eigenvalue weighted by atomic mass is 16.6. The third kappa shape index (κ3) is 1.70. The monoisotopic (exact) mass is 280 g/mol. The summed E-state index contributed by atoms with van der Waals surface area (Å²) in [5, 5.41) is 30.3. The van der Waals surface area contributed by atoms with Crippen LogP contribution in [-0.4, -0.2) is 54.3 Å². The quantitative estimate of drug-likeness (QED) is 0.556. The Labute approximate surface area is 114 Å². The van der Waals surface area contributed by atoms with Crippen molar-refractivity contribution in [2.75, 3.05) is 12.3 Å². The summed E-state index contributed by atoms with van der Waals surface area (Å²) in [7, 11) is 0. The van der Waals surface area contributed by atoms with Crippen LogP contribution in [-0.2, 0) is 4.74 Å². The number of rotatable bonds is 2. The molecule has 3 rings (SSSR count). The molecule has 0 bridgehead atoms. The van der Waals surface area contributed by atoms with Gasteiger partial charge in [0, 0.05) is 6.20 Å². The van der Waals surface area contributed by atoms with Gasteiger partial charge in [-0.1, -0.05) is 0 Å². The molecule has 1 aliphatic rings. The lowest BCUT2D eigenvalue weighted by molar-refractivity contribution is -0.0804. The van der Waals surface area contributed by atoms with Crippen LogP contribution >= 0.6 is 0 Å². The van der Waals surface area contributed by atoms with Gasteiger partial charge in [0.15, 0.2) is 6.23 Å². The molecule has 108 valence electrons. The molecular weight excluding hydrogens is 264 g/mol. The lowest BCUT2D eigenvalue weighted by atomic mass is 9.95. The Morgan fingerprint density at radius 1 is 1.50 bits per heavy atom. The summed E-state index contributed by atoms with van der Waals surface area (Å²) >= 11 is 0. The number of fused-ring (bicyclic) bond motifs is 1. The third-order valence-electron chi connectivity index (χ3n) is 3.80. The summed E-state index contributed by atoms with van der Waals surface area (Å²) in [5.74, 6) is 0.326. The van der Waals surface area contributed by atoms with E-state index in [2.05, 4.69) is 9.97 Å². The zero-order valence-corrected chi connectivity index (χ0v) is 10.8. The van der Waals surface area contributed by atoms with Crippen LogP contribution < -0.4 is 5.73 Å². The number of anilines is 1. The van der Waals surface area contributed by atoms with Gasteiger partial charge >= 0.3 is 0 Å². The van der Waals surface area contributed by atoms with Crippen LogP contribution in [0.5, 0.6) is 0 Å². The molecule has 8 heteroatoms. The maximum absolute atomic E-state index is 10.2. The highest BCUT2D eigenvalue weighted by Gasteiger charge is 2.52. The zero-order chi connectivity index (χ0) is 14.5. The second kappa shape index (κ2) is 4.38. The van der Waals surface area contributed by atoms with Crippen molar-refractivity contribution in [2.45, 2.75) is 31.0 Å². The van der Waals surface area contributed by atoms with Gasteiger partial charge in [0.25, 0.3) is 0 Å². The zero-order valence-electron chi connectivity index (χ0n) is 10.8. The number of aromatic nitrogens is 3. The van der Waals surface area contributed by atoms with Crippen molar-refractivity contribution in [3.05, 3.63) is 18.6 Å². The molecule has 5 N–H and O–H groups in total. The van der Waals surface area contributed by atoms with E-state index < -0.39 is 30.6 Å². The second-order valence-corrected chi connectivity index (χ2v) is 5.09. The molecule has 2 aromatic rings. The molecule has 0 spiro atoms. The van der Waals surface area contributed by atoms with Gasteiger partial charge in [0.1, 0.15) is 35.6 Å². The van der Waals surface area contributed by atoms with Crippen molar-refractivity contribution < 1.29 is 20.1 Å². The first-order valence-electron chi connectivity index (χ1n) is 6.20. The Balaban J connectivity index is 2.06. The highest BCUT2D eigenvalue weighted by Crippen LogP contribution is 2.38. The first-order chi connectivity index (χ1) is 9.46. The summed E-state index contributed by atoms with van der Waals surface area (Å²) in [4.78, 5) is 8.00. The van der Waals surface area contributed by atoms with Crippen LogP contribution in [0, 0.1) is 0 Å². The predicted octanol–water partition coefficient (Wildman–Crippen LogP) is -0.985. The van der Waals surface area contributed by atoms with Gasteiger partial charge < -0.3 is 30.4 Å². The van der Waals surface area contributed by atoms with Crippen molar-refractivity contribution in [3.63, 3.8) is 0 Å². The number of ether oxygens (including phenoxy) is 1. The summed E-state index contributed by atoms with van der Waals surface area (Å²) in [6.07, 6.45) is 0.0378. The first-order valence-corrected chi connectivity index (χ1v) is 6.20. The standard InChI is InChI=1S/C12H16N4O4/c1-12(19)7(4-17)20-11(8(12)18)16-3-2-6-9(13)14-5-15-10(6)16/h2-3,5,7-8,11,17-19H,4H2,1H3,(H2,13,14,15)/t7-,8+,11-,12-/m1/s1. The number of aliphatic hydroxyl groups excluding tert-OH is 2. The van der Waals surface area contributed by atoms with Gasteiger partial charge in [-0.2, -0.15) is 0 Å². The SMILES string of the molecule is C[C@@]1(O)[C@@H](CO)O[C@@H](n2ccc3c(N)ncnc32)[C@@H]1O. The number of nitrogens with zero attached hydrogens (tertiary/aromatic N) is 3. The Hall–Kier alpha value is -1.74.